The molecule has 2 heterocycles. The van der Waals surface area contributed by atoms with E-state index in [1.165, 1.54) is 9.80 Å². The van der Waals surface area contributed by atoms with E-state index in [2.05, 4.69) is 0 Å². The number of rotatable bonds is 3. The zero-order chi connectivity index (χ0) is 43.3. The zero-order valence-electron chi connectivity index (χ0n) is 33.3. The lowest BCUT2D eigenvalue weighted by Crippen LogP contribution is -2.63. The van der Waals surface area contributed by atoms with E-state index in [0.717, 1.165) is 48.5 Å². The van der Waals surface area contributed by atoms with Gasteiger partial charge in [-0.2, -0.15) is 26.3 Å². The highest BCUT2D eigenvalue weighted by Crippen LogP contribution is 2.39. The fourth-order valence-electron chi connectivity index (χ4n) is 5.95. The number of hydrogen-bond donors (Lipinski definition) is 2. The predicted molar refractivity (Wildman–Crippen MR) is 193 cm³/mol. The third-order valence-electron chi connectivity index (χ3n) is 7.87. The quantitative estimate of drug-likeness (QED) is 0.290. The summed E-state index contributed by atoms with van der Waals surface area (Å²) in [5.41, 5.74) is -5.49. The van der Waals surface area contributed by atoms with Crippen molar-refractivity contribution in [3.05, 3.63) is 59.7 Å². The van der Waals surface area contributed by atoms with Gasteiger partial charge in [-0.25, -0.2) is 14.4 Å². The number of likely N-dealkylation sites (tertiary alicyclic amines) is 2. The van der Waals surface area contributed by atoms with Crippen LogP contribution in [0.5, 0.6) is 11.5 Å². The number of amides is 2. The fourth-order valence-corrected chi connectivity index (χ4v) is 5.95. The molecule has 1 unspecified atom stereocenters. The Bertz CT molecular complexity index is 1680. The van der Waals surface area contributed by atoms with E-state index in [9.17, 15) is 50.6 Å². The van der Waals surface area contributed by atoms with Crippen molar-refractivity contribution in [3.63, 3.8) is 0 Å². The van der Waals surface area contributed by atoms with E-state index in [1.54, 1.807) is 34.6 Å². The van der Waals surface area contributed by atoms with Gasteiger partial charge >= 0.3 is 30.5 Å². The van der Waals surface area contributed by atoms with Crippen LogP contribution < -0.4 is 4.74 Å². The second-order valence-electron chi connectivity index (χ2n) is 17.4. The van der Waals surface area contributed by atoms with Crippen LogP contribution in [0.1, 0.15) is 93.2 Å². The summed E-state index contributed by atoms with van der Waals surface area (Å²) in [4.78, 5) is 50.8. The van der Waals surface area contributed by atoms with Gasteiger partial charge in [0.15, 0.2) is 5.78 Å². The minimum absolute atomic E-state index is 0.0257. The van der Waals surface area contributed by atoms with Crippen molar-refractivity contribution in [1.29, 1.82) is 0 Å². The molecule has 0 aromatic heterocycles. The molecule has 2 fully saturated rings. The number of halogens is 6. The van der Waals surface area contributed by atoms with Crippen molar-refractivity contribution in [2.75, 3.05) is 26.2 Å². The zero-order valence-corrected chi connectivity index (χ0v) is 33.3. The molecule has 4 rings (SSSR count). The minimum Gasteiger partial charge on any atom is -0.508 e. The van der Waals surface area contributed by atoms with Crippen LogP contribution in [0.25, 0.3) is 0 Å². The third kappa shape index (κ3) is 15.4. The molecule has 2 aliphatic rings. The molecule has 0 spiro atoms. The van der Waals surface area contributed by atoms with Gasteiger partial charge in [0.2, 0.25) is 5.60 Å². The van der Waals surface area contributed by atoms with Gasteiger partial charge < -0.3 is 34.2 Å². The van der Waals surface area contributed by atoms with E-state index >= 15 is 0 Å². The second-order valence-corrected chi connectivity index (χ2v) is 17.4. The molecule has 314 valence electrons. The first kappa shape index (κ1) is 47.5. The topological polar surface area (TPSA) is 143 Å². The molecule has 2 amide bonds. The second kappa shape index (κ2) is 17.2. The summed E-state index contributed by atoms with van der Waals surface area (Å²) >= 11 is 0. The summed E-state index contributed by atoms with van der Waals surface area (Å²) < 4.78 is 90.1. The van der Waals surface area contributed by atoms with Crippen LogP contribution in [0.15, 0.2) is 48.5 Å². The Balaban J connectivity index is 0.000000334. The van der Waals surface area contributed by atoms with Gasteiger partial charge in [-0.15, -0.1) is 0 Å². The Labute approximate surface area is 322 Å². The Hall–Kier alpha value is -4.70. The number of aromatic hydroxyl groups is 1. The molecule has 2 N–H and O–H groups in total. The summed E-state index contributed by atoms with van der Waals surface area (Å²) in [7, 11) is 0. The Kier molecular flexibility index (Phi) is 14.6. The number of benzene rings is 2. The largest absolute Gasteiger partial charge is 0.508 e. The van der Waals surface area contributed by atoms with Gasteiger partial charge in [0, 0.05) is 25.9 Å². The number of Topliss-reactive ketones (excluding diaryl/α,β-unsaturated/α-hetero) is 1. The summed E-state index contributed by atoms with van der Waals surface area (Å²) in [5, 5.41) is 18.6. The minimum atomic E-state index is -4.51. The van der Waals surface area contributed by atoms with Crippen LogP contribution in [0.2, 0.25) is 0 Å². The van der Waals surface area contributed by atoms with E-state index < -0.39 is 63.9 Å². The van der Waals surface area contributed by atoms with Crippen molar-refractivity contribution in [1.82, 2.24) is 9.80 Å². The Morgan fingerprint density at radius 2 is 1.07 bits per heavy atom. The van der Waals surface area contributed by atoms with Gasteiger partial charge in [0.1, 0.15) is 22.7 Å². The van der Waals surface area contributed by atoms with Crippen LogP contribution >= 0.6 is 0 Å². The number of nitrogens with zero attached hydrogens (tertiary/aromatic N) is 2. The highest BCUT2D eigenvalue weighted by atomic mass is 19.4. The number of carboxylic acids is 1. The fraction of sp³-hybridized carbons (Fsp3) is 0.590. The number of phenols is 1. The smallest absolute Gasteiger partial charge is 0.416 e. The molecule has 2 aromatic rings. The average molecular weight is 807 g/mol. The summed E-state index contributed by atoms with van der Waals surface area (Å²) in [5.74, 6) is -1.40. The standard InChI is InChI=1S/C20H26F3NO5.C12H21NO3.C7H5F3O/c1-17(2,3)29-16(27)24-11-18(4,5)10-19(12-24,15(25)26)28-14-8-6-13(7-9-14)20(21,22)23;1-11(2,3)16-10(15)13-7-9(14)6-12(4,5)8-13;8-7(9,10)5-1-3-6(11)4-2-5/h6-9H,10-12H2,1-5H3,(H,25,26);6-8H2,1-5H3;1-4,11H. The molecule has 11 nitrogen and oxygen atoms in total. The number of carboxylic acid groups (broad SMARTS) is 1. The lowest BCUT2D eigenvalue weighted by atomic mass is 9.76. The maximum atomic E-state index is 12.8. The van der Waals surface area contributed by atoms with E-state index in [0.29, 0.717) is 13.0 Å². The van der Waals surface area contributed by atoms with E-state index in [4.69, 9.17) is 19.3 Å². The highest BCUT2D eigenvalue weighted by Gasteiger charge is 2.53. The molecule has 0 saturated carbocycles. The maximum Gasteiger partial charge on any atom is 0.416 e. The van der Waals surface area contributed by atoms with Gasteiger partial charge in [-0.1, -0.05) is 27.7 Å². The first-order valence-corrected chi connectivity index (χ1v) is 17.6. The van der Waals surface area contributed by atoms with Crippen LogP contribution in [0.3, 0.4) is 0 Å². The molecule has 0 bridgehead atoms. The molecule has 0 radical (unpaired) electrons. The maximum absolute atomic E-state index is 12.8. The van der Waals surface area contributed by atoms with Crippen molar-refractivity contribution in [3.8, 4) is 11.5 Å². The number of carbonyl (C=O) groups excluding carboxylic acids is 3. The third-order valence-corrected chi connectivity index (χ3v) is 7.87. The van der Waals surface area contributed by atoms with Crippen molar-refractivity contribution in [2.24, 2.45) is 10.8 Å². The monoisotopic (exact) mass is 806 g/mol. The van der Waals surface area contributed by atoms with Crippen LogP contribution in [0, 0.1) is 10.8 Å². The number of phenolic OH excluding ortho intramolecular Hbond substituents is 1. The lowest BCUT2D eigenvalue weighted by molar-refractivity contribution is -0.165. The molecule has 2 aromatic carbocycles. The molecule has 56 heavy (non-hydrogen) atoms. The number of ketones is 1. The first-order valence-electron chi connectivity index (χ1n) is 17.6. The normalized spacial score (nSPS) is 19.7. The van der Waals surface area contributed by atoms with Crippen LogP contribution in [0.4, 0.5) is 35.9 Å². The van der Waals surface area contributed by atoms with Crippen molar-refractivity contribution < 1.29 is 69.9 Å². The molecule has 0 aliphatic carbocycles. The number of piperidine rings is 2. The van der Waals surface area contributed by atoms with Crippen molar-refractivity contribution in [2.45, 2.75) is 111 Å². The van der Waals surface area contributed by atoms with E-state index in [-0.39, 0.29) is 48.8 Å². The molecular formula is C39H52F6N2O9. The lowest BCUT2D eigenvalue weighted by Gasteiger charge is -2.47. The number of carbonyl (C=O) groups is 4. The number of aliphatic carboxylic acids is 1. The first-order chi connectivity index (χ1) is 25.1. The molecular weight excluding hydrogens is 754 g/mol. The van der Waals surface area contributed by atoms with E-state index in [1.807, 2.05) is 34.6 Å². The van der Waals surface area contributed by atoms with Gasteiger partial charge in [-0.3, -0.25) is 4.79 Å². The molecule has 2 aliphatic heterocycles. The SMILES string of the molecule is CC1(C)CC(=O)CN(C(=O)OC(C)(C)C)C1.CC1(C)CN(C(=O)OC(C)(C)C)CC(Oc2ccc(C(F)(F)F)cc2)(C(=O)O)C1.Oc1ccc(C(F)(F)F)cc1. The van der Waals surface area contributed by atoms with Gasteiger partial charge in [0.25, 0.3) is 0 Å². The van der Waals surface area contributed by atoms with Gasteiger partial charge in [0.05, 0.1) is 24.2 Å². The molecule has 2 saturated heterocycles. The van der Waals surface area contributed by atoms with Crippen LogP contribution in [-0.4, -0.2) is 86.9 Å². The highest BCUT2D eigenvalue weighted by molar-refractivity contribution is 5.86. The predicted octanol–water partition coefficient (Wildman–Crippen LogP) is 9.21. The number of hydrogen-bond acceptors (Lipinski definition) is 8. The average Bonchev–Trinajstić information content (AvgIpc) is 2.98. The van der Waals surface area contributed by atoms with Crippen molar-refractivity contribution >= 4 is 23.9 Å². The molecule has 1 atom stereocenters. The summed E-state index contributed by atoms with van der Waals surface area (Å²) in [6.45, 7) is 18.8. The van der Waals surface area contributed by atoms with Crippen LogP contribution in [-0.2, 0) is 31.4 Å². The summed E-state index contributed by atoms with van der Waals surface area (Å²) in [6.07, 6.45) is -9.31. The number of ether oxygens (including phenoxy) is 3. The number of alkyl halides is 6. The Morgan fingerprint density at radius 1 is 0.661 bits per heavy atom. The summed E-state index contributed by atoms with van der Waals surface area (Å²) in [6, 6.07) is 7.46. The van der Waals surface area contributed by atoms with Gasteiger partial charge in [-0.05, 0) is 101 Å². The Morgan fingerprint density at radius 3 is 1.46 bits per heavy atom. The molecule has 17 heteroatoms.